The van der Waals surface area contributed by atoms with Crippen LogP contribution in [0.25, 0.3) is 0 Å². The number of carbonyl (C=O) groups is 1. The van der Waals surface area contributed by atoms with E-state index in [9.17, 15) is 4.79 Å². The van der Waals surface area contributed by atoms with Crippen LogP contribution in [0.3, 0.4) is 0 Å². The van der Waals surface area contributed by atoms with Crippen molar-refractivity contribution < 1.29 is 4.79 Å². The average Bonchev–Trinajstić information content (AvgIpc) is 3.01. The van der Waals surface area contributed by atoms with E-state index in [0.29, 0.717) is 11.1 Å². The molecule has 3 rings (SSSR count). The Bertz CT molecular complexity index is 391. The van der Waals surface area contributed by atoms with Crippen LogP contribution in [0, 0.1) is 5.41 Å². The molecule has 3 heterocycles. The van der Waals surface area contributed by atoms with E-state index in [0.717, 1.165) is 44.3 Å². The summed E-state index contributed by atoms with van der Waals surface area (Å²) in [7, 11) is 0. The molecule has 1 N–H and O–H groups in total. The van der Waals surface area contributed by atoms with Crippen LogP contribution >= 0.6 is 24.1 Å². The highest BCUT2D eigenvalue weighted by atomic mass is 35.5. The van der Waals surface area contributed by atoms with E-state index in [1.54, 1.807) is 6.20 Å². The van der Waals surface area contributed by atoms with Crippen LogP contribution < -0.4 is 5.32 Å². The molecule has 2 aliphatic heterocycles. The number of hydrogen-bond acceptors (Lipinski definition) is 5. The normalized spacial score (nSPS) is 27.4. The maximum Gasteiger partial charge on any atom is 0.275 e. The van der Waals surface area contributed by atoms with Crippen molar-refractivity contribution in [1.29, 1.82) is 0 Å². The van der Waals surface area contributed by atoms with Crippen LogP contribution in [0.15, 0.2) is 6.20 Å². The summed E-state index contributed by atoms with van der Waals surface area (Å²) in [6.45, 7) is 3.86. The highest BCUT2D eigenvalue weighted by molar-refractivity contribution is 6.99. The third-order valence-electron chi connectivity index (χ3n) is 3.64. The Kier molecular flexibility index (Phi) is 3.65. The van der Waals surface area contributed by atoms with Gasteiger partial charge in [0, 0.05) is 25.0 Å². The second-order valence-electron chi connectivity index (χ2n) is 4.70. The highest BCUT2D eigenvalue weighted by Crippen LogP contribution is 2.36. The zero-order chi connectivity index (χ0) is 11.0. The lowest BCUT2D eigenvalue weighted by molar-refractivity contribution is 0.0771. The van der Waals surface area contributed by atoms with Gasteiger partial charge >= 0.3 is 0 Å². The SMILES string of the molecule is Cl.O=C(c1cnsn1)N1CCC2(CCNC2)C1. The molecule has 1 atom stereocenters. The zero-order valence-electron chi connectivity index (χ0n) is 9.39. The number of hydrogen-bond donors (Lipinski definition) is 1. The summed E-state index contributed by atoms with van der Waals surface area (Å²) in [6.07, 6.45) is 3.86. The van der Waals surface area contributed by atoms with E-state index in [2.05, 4.69) is 14.1 Å². The van der Waals surface area contributed by atoms with Gasteiger partial charge in [0.05, 0.1) is 17.9 Å². The molecule has 94 valence electrons. The molecular weight excluding hydrogens is 260 g/mol. The number of rotatable bonds is 1. The lowest BCUT2D eigenvalue weighted by atomic mass is 9.87. The summed E-state index contributed by atoms with van der Waals surface area (Å²) >= 11 is 1.09. The third-order valence-corrected chi connectivity index (χ3v) is 4.12. The van der Waals surface area contributed by atoms with Crippen LogP contribution in [0.5, 0.6) is 0 Å². The molecular formula is C10H15ClN4OS. The Morgan fingerprint density at radius 1 is 1.53 bits per heavy atom. The number of halogens is 1. The van der Waals surface area contributed by atoms with Gasteiger partial charge in [0.15, 0.2) is 5.69 Å². The fourth-order valence-electron chi connectivity index (χ4n) is 2.67. The van der Waals surface area contributed by atoms with Crippen molar-refractivity contribution in [1.82, 2.24) is 19.0 Å². The minimum Gasteiger partial charge on any atom is -0.337 e. The van der Waals surface area contributed by atoms with E-state index in [4.69, 9.17) is 0 Å². The van der Waals surface area contributed by atoms with Crippen molar-refractivity contribution in [3.63, 3.8) is 0 Å². The van der Waals surface area contributed by atoms with Crippen LogP contribution in [-0.4, -0.2) is 45.7 Å². The Morgan fingerprint density at radius 2 is 2.41 bits per heavy atom. The Morgan fingerprint density at radius 3 is 3.06 bits per heavy atom. The smallest absolute Gasteiger partial charge is 0.275 e. The minimum atomic E-state index is 0. The molecule has 0 bridgehead atoms. The molecule has 0 radical (unpaired) electrons. The van der Waals surface area contributed by atoms with E-state index in [1.807, 2.05) is 4.90 Å². The molecule has 1 aromatic rings. The monoisotopic (exact) mass is 274 g/mol. The maximum atomic E-state index is 12.1. The molecule has 0 aromatic carbocycles. The molecule has 0 saturated carbocycles. The molecule has 1 unspecified atom stereocenters. The van der Waals surface area contributed by atoms with Gasteiger partial charge in [-0.2, -0.15) is 8.75 Å². The van der Waals surface area contributed by atoms with Crippen molar-refractivity contribution in [3.05, 3.63) is 11.9 Å². The number of nitrogens with zero attached hydrogens (tertiary/aromatic N) is 3. The summed E-state index contributed by atoms with van der Waals surface area (Å²) in [4.78, 5) is 14.0. The summed E-state index contributed by atoms with van der Waals surface area (Å²) in [5.74, 6) is 0.0394. The molecule has 7 heteroatoms. The first kappa shape index (κ1) is 12.7. The fourth-order valence-corrected chi connectivity index (χ4v) is 3.08. The van der Waals surface area contributed by atoms with Crippen LogP contribution in [0.2, 0.25) is 0 Å². The number of carbonyl (C=O) groups excluding carboxylic acids is 1. The molecule has 1 aromatic heterocycles. The Balaban J connectivity index is 0.00000108. The van der Waals surface area contributed by atoms with E-state index < -0.39 is 0 Å². The lowest BCUT2D eigenvalue weighted by Gasteiger charge is -2.22. The standard InChI is InChI=1S/C10H14N4OS.ClH/c15-9(8-5-12-16-13-8)14-4-2-10(7-14)1-3-11-6-10;/h5,11H,1-4,6-7H2;1H. The number of aromatic nitrogens is 2. The van der Waals surface area contributed by atoms with Gasteiger partial charge in [-0.25, -0.2) is 0 Å². The van der Waals surface area contributed by atoms with Gasteiger partial charge in [-0.05, 0) is 19.4 Å². The Labute approximate surface area is 110 Å². The summed E-state index contributed by atoms with van der Waals surface area (Å²) in [6, 6.07) is 0. The molecule has 2 fully saturated rings. The largest absolute Gasteiger partial charge is 0.337 e. The van der Waals surface area contributed by atoms with Gasteiger partial charge in [0.2, 0.25) is 0 Å². The van der Waals surface area contributed by atoms with Gasteiger partial charge in [-0.1, -0.05) is 0 Å². The number of amides is 1. The van der Waals surface area contributed by atoms with Gasteiger partial charge in [0.1, 0.15) is 0 Å². The van der Waals surface area contributed by atoms with Crippen LogP contribution in [0.1, 0.15) is 23.3 Å². The molecule has 17 heavy (non-hydrogen) atoms. The summed E-state index contributed by atoms with van der Waals surface area (Å²) in [5.41, 5.74) is 0.826. The van der Waals surface area contributed by atoms with Gasteiger partial charge in [-0.15, -0.1) is 12.4 Å². The van der Waals surface area contributed by atoms with Crippen molar-refractivity contribution in [2.24, 2.45) is 5.41 Å². The number of nitrogens with one attached hydrogen (secondary N) is 1. The molecule has 2 aliphatic rings. The van der Waals surface area contributed by atoms with Crippen molar-refractivity contribution in [2.45, 2.75) is 12.8 Å². The molecule has 1 spiro atoms. The van der Waals surface area contributed by atoms with E-state index in [1.165, 1.54) is 6.42 Å². The topological polar surface area (TPSA) is 58.1 Å². The first-order valence-electron chi connectivity index (χ1n) is 5.57. The second kappa shape index (κ2) is 4.88. The van der Waals surface area contributed by atoms with Crippen LogP contribution in [0.4, 0.5) is 0 Å². The van der Waals surface area contributed by atoms with Crippen molar-refractivity contribution >= 4 is 30.0 Å². The predicted molar refractivity (Wildman–Crippen MR) is 67.6 cm³/mol. The van der Waals surface area contributed by atoms with E-state index in [-0.39, 0.29) is 18.3 Å². The molecule has 0 aliphatic carbocycles. The molecule has 2 saturated heterocycles. The Hall–Kier alpha value is -0.720. The first-order valence-corrected chi connectivity index (χ1v) is 6.30. The predicted octanol–water partition coefficient (Wildman–Crippen LogP) is 0.785. The highest BCUT2D eigenvalue weighted by Gasteiger charge is 2.42. The lowest BCUT2D eigenvalue weighted by Crippen LogP contribution is -2.33. The molecule has 5 nitrogen and oxygen atoms in total. The maximum absolute atomic E-state index is 12.1. The third kappa shape index (κ3) is 2.29. The minimum absolute atomic E-state index is 0. The van der Waals surface area contributed by atoms with Gasteiger partial charge < -0.3 is 10.2 Å². The van der Waals surface area contributed by atoms with Crippen LogP contribution in [-0.2, 0) is 0 Å². The zero-order valence-corrected chi connectivity index (χ0v) is 11.0. The summed E-state index contributed by atoms with van der Waals surface area (Å²) < 4.78 is 7.87. The van der Waals surface area contributed by atoms with Crippen molar-refractivity contribution in [2.75, 3.05) is 26.2 Å². The average molecular weight is 275 g/mol. The first-order chi connectivity index (χ1) is 7.79. The quantitative estimate of drug-likeness (QED) is 0.822. The molecule has 1 amide bonds. The van der Waals surface area contributed by atoms with Crippen molar-refractivity contribution in [3.8, 4) is 0 Å². The van der Waals surface area contributed by atoms with E-state index >= 15 is 0 Å². The van der Waals surface area contributed by atoms with Gasteiger partial charge in [0.25, 0.3) is 5.91 Å². The fraction of sp³-hybridized carbons (Fsp3) is 0.700. The van der Waals surface area contributed by atoms with Gasteiger partial charge in [-0.3, -0.25) is 4.79 Å². The second-order valence-corrected chi connectivity index (χ2v) is 5.25. The summed E-state index contributed by atoms with van der Waals surface area (Å²) in [5, 5.41) is 3.39. The number of likely N-dealkylation sites (tertiary alicyclic amines) is 1.